The van der Waals surface area contributed by atoms with E-state index in [4.69, 9.17) is 9.47 Å². The molecule has 0 aliphatic carbocycles. The Morgan fingerprint density at radius 2 is 2.00 bits per heavy atom. The highest BCUT2D eigenvalue weighted by atomic mass is 16.5. The molecule has 0 fully saturated rings. The first-order chi connectivity index (χ1) is 10.7. The summed E-state index contributed by atoms with van der Waals surface area (Å²) in [5, 5.41) is 2.95. The summed E-state index contributed by atoms with van der Waals surface area (Å²) in [4.78, 5) is 12.0. The zero-order valence-corrected chi connectivity index (χ0v) is 12.5. The summed E-state index contributed by atoms with van der Waals surface area (Å²) in [5.41, 5.74) is 2.29. The summed E-state index contributed by atoms with van der Waals surface area (Å²) < 4.78 is 11.1. The number of ether oxygens (including phenoxy) is 2. The van der Waals surface area contributed by atoms with Gasteiger partial charge in [-0.3, -0.25) is 4.79 Å². The number of nitrogens with one attached hydrogen (secondary N) is 1. The molecule has 2 aromatic rings. The molecule has 4 heteroatoms. The van der Waals surface area contributed by atoms with Crippen LogP contribution in [0.15, 0.2) is 48.5 Å². The fourth-order valence-corrected chi connectivity index (χ4v) is 2.47. The number of carbonyl (C=O) groups excluding carboxylic acids is 1. The molecule has 22 heavy (non-hydrogen) atoms. The fraction of sp³-hybridized carbons (Fsp3) is 0.278. The van der Waals surface area contributed by atoms with Crippen LogP contribution in [0.4, 0.5) is 0 Å². The van der Waals surface area contributed by atoms with Crippen molar-refractivity contribution in [1.29, 1.82) is 0 Å². The maximum atomic E-state index is 12.0. The van der Waals surface area contributed by atoms with Gasteiger partial charge in [0.25, 0.3) is 5.91 Å². The summed E-state index contributed by atoms with van der Waals surface area (Å²) in [5.74, 6) is 1.48. The molecular formula is C18H19NO3. The molecule has 0 saturated heterocycles. The minimum atomic E-state index is -0.131. The van der Waals surface area contributed by atoms with Crippen molar-refractivity contribution in [2.45, 2.75) is 19.4 Å². The molecule has 0 spiro atoms. The van der Waals surface area contributed by atoms with Crippen LogP contribution in [0, 0.1) is 6.92 Å². The summed E-state index contributed by atoms with van der Waals surface area (Å²) >= 11 is 0. The Labute approximate surface area is 130 Å². The first kappa shape index (κ1) is 14.4. The van der Waals surface area contributed by atoms with Crippen molar-refractivity contribution in [3.63, 3.8) is 0 Å². The van der Waals surface area contributed by atoms with Crippen LogP contribution in [-0.4, -0.2) is 25.2 Å². The van der Waals surface area contributed by atoms with Gasteiger partial charge in [0.15, 0.2) is 6.61 Å². The SMILES string of the molecule is Cc1ccc(OCC(=O)NC2COc3ccccc3C2)cc1. The van der Waals surface area contributed by atoms with Crippen LogP contribution in [0.5, 0.6) is 11.5 Å². The predicted molar refractivity (Wildman–Crippen MR) is 84.2 cm³/mol. The van der Waals surface area contributed by atoms with Gasteiger partial charge in [-0.05, 0) is 37.1 Å². The molecule has 0 bridgehead atoms. The third kappa shape index (κ3) is 3.58. The number of rotatable bonds is 4. The molecular weight excluding hydrogens is 278 g/mol. The van der Waals surface area contributed by atoms with Crippen LogP contribution in [0.1, 0.15) is 11.1 Å². The van der Waals surface area contributed by atoms with E-state index in [1.165, 1.54) is 0 Å². The van der Waals surface area contributed by atoms with Crippen LogP contribution in [-0.2, 0) is 11.2 Å². The molecule has 1 atom stereocenters. The minimum absolute atomic E-state index is 0.0102. The maximum absolute atomic E-state index is 12.0. The van der Waals surface area contributed by atoms with Gasteiger partial charge in [0.1, 0.15) is 18.1 Å². The van der Waals surface area contributed by atoms with Gasteiger partial charge in [0.2, 0.25) is 0 Å². The Balaban J connectivity index is 1.49. The smallest absolute Gasteiger partial charge is 0.258 e. The molecule has 1 N–H and O–H groups in total. The molecule has 2 aromatic carbocycles. The lowest BCUT2D eigenvalue weighted by Crippen LogP contribution is -2.44. The van der Waals surface area contributed by atoms with Crippen molar-refractivity contribution in [2.24, 2.45) is 0 Å². The molecule has 1 aliphatic heterocycles. The average Bonchev–Trinajstić information content (AvgIpc) is 2.54. The lowest BCUT2D eigenvalue weighted by atomic mass is 10.0. The maximum Gasteiger partial charge on any atom is 0.258 e. The molecule has 0 saturated carbocycles. The second-order valence-corrected chi connectivity index (χ2v) is 5.49. The molecule has 1 unspecified atom stereocenters. The second kappa shape index (κ2) is 6.52. The predicted octanol–water partition coefficient (Wildman–Crippen LogP) is 2.49. The van der Waals surface area contributed by atoms with Crippen LogP contribution >= 0.6 is 0 Å². The summed E-state index contributed by atoms with van der Waals surface area (Å²) in [7, 11) is 0. The standard InChI is InChI=1S/C18H19NO3/c1-13-6-8-16(9-7-13)21-12-18(20)19-15-10-14-4-2-3-5-17(14)22-11-15/h2-9,15H,10-12H2,1H3,(H,19,20). The van der Waals surface area contributed by atoms with E-state index in [0.29, 0.717) is 12.4 Å². The largest absolute Gasteiger partial charge is 0.491 e. The number of hydrogen-bond acceptors (Lipinski definition) is 3. The van der Waals surface area contributed by atoms with E-state index in [1.807, 2.05) is 55.5 Å². The zero-order chi connectivity index (χ0) is 15.4. The lowest BCUT2D eigenvalue weighted by molar-refractivity contribution is -0.124. The number of amides is 1. The highest BCUT2D eigenvalue weighted by Gasteiger charge is 2.21. The van der Waals surface area contributed by atoms with E-state index < -0.39 is 0 Å². The number of aryl methyl sites for hydroxylation is 1. The van der Waals surface area contributed by atoms with Crippen molar-refractivity contribution in [3.05, 3.63) is 59.7 Å². The first-order valence-electron chi connectivity index (χ1n) is 7.40. The molecule has 0 radical (unpaired) electrons. The summed E-state index contributed by atoms with van der Waals surface area (Å²) in [6.45, 7) is 2.52. The van der Waals surface area contributed by atoms with Gasteiger partial charge in [-0.2, -0.15) is 0 Å². The zero-order valence-electron chi connectivity index (χ0n) is 12.5. The van der Waals surface area contributed by atoms with Crippen LogP contribution < -0.4 is 14.8 Å². The third-order valence-corrected chi connectivity index (χ3v) is 3.63. The number of benzene rings is 2. The molecule has 1 amide bonds. The Morgan fingerprint density at radius 1 is 1.23 bits per heavy atom. The van der Waals surface area contributed by atoms with Crippen LogP contribution in [0.2, 0.25) is 0 Å². The molecule has 1 aliphatic rings. The summed E-state index contributed by atoms with van der Waals surface area (Å²) in [6.07, 6.45) is 0.784. The van der Waals surface area contributed by atoms with Gasteiger partial charge in [0.05, 0.1) is 6.04 Å². The highest BCUT2D eigenvalue weighted by Crippen LogP contribution is 2.23. The van der Waals surface area contributed by atoms with Crippen molar-refractivity contribution in [3.8, 4) is 11.5 Å². The summed E-state index contributed by atoms with van der Waals surface area (Å²) in [6, 6.07) is 15.5. The highest BCUT2D eigenvalue weighted by molar-refractivity contribution is 5.78. The number of fused-ring (bicyclic) bond motifs is 1. The number of para-hydroxylation sites is 1. The van der Waals surface area contributed by atoms with E-state index in [9.17, 15) is 4.79 Å². The van der Waals surface area contributed by atoms with E-state index in [-0.39, 0.29) is 18.6 Å². The Kier molecular flexibility index (Phi) is 4.28. The first-order valence-corrected chi connectivity index (χ1v) is 7.40. The quantitative estimate of drug-likeness (QED) is 0.943. The van der Waals surface area contributed by atoms with Gasteiger partial charge in [0, 0.05) is 0 Å². The van der Waals surface area contributed by atoms with Crippen molar-refractivity contribution in [1.82, 2.24) is 5.32 Å². The lowest BCUT2D eigenvalue weighted by Gasteiger charge is -2.26. The molecule has 1 heterocycles. The van der Waals surface area contributed by atoms with Gasteiger partial charge in [-0.1, -0.05) is 35.9 Å². The molecule has 114 valence electrons. The van der Waals surface area contributed by atoms with Gasteiger partial charge in [-0.25, -0.2) is 0 Å². The number of hydrogen-bond donors (Lipinski definition) is 1. The Bertz CT molecular complexity index is 652. The number of carbonyl (C=O) groups is 1. The van der Waals surface area contributed by atoms with E-state index >= 15 is 0 Å². The van der Waals surface area contributed by atoms with Crippen molar-refractivity contribution < 1.29 is 14.3 Å². The Hall–Kier alpha value is -2.49. The van der Waals surface area contributed by atoms with E-state index in [1.54, 1.807) is 0 Å². The fourth-order valence-electron chi connectivity index (χ4n) is 2.47. The van der Waals surface area contributed by atoms with Crippen LogP contribution in [0.3, 0.4) is 0 Å². The monoisotopic (exact) mass is 297 g/mol. The van der Waals surface area contributed by atoms with E-state index in [0.717, 1.165) is 23.3 Å². The Morgan fingerprint density at radius 3 is 2.82 bits per heavy atom. The van der Waals surface area contributed by atoms with Crippen molar-refractivity contribution in [2.75, 3.05) is 13.2 Å². The average molecular weight is 297 g/mol. The molecule has 4 nitrogen and oxygen atoms in total. The van der Waals surface area contributed by atoms with E-state index in [2.05, 4.69) is 5.32 Å². The van der Waals surface area contributed by atoms with Crippen molar-refractivity contribution >= 4 is 5.91 Å². The van der Waals surface area contributed by atoms with Gasteiger partial charge in [-0.15, -0.1) is 0 Å². The second-order valence-electron chi connectivity index (χ2n) is 5.49. The minimum Gasteiger partial charge on any atom is -0.491 e. The molecule has 0 aromatic heterocycles. The van der Waals surface area contributed by atoms with Crippen LogP contribution in [0.25, 0.3) is 0 Å². The van der Waals surface area contributed by atoms with Gasteiger partial charge < -0.3 is 14.8 Å². The normalized spacial score (nSPS) is 16.3. The van der Waals surface area contributed by atoms with Gasteiger partial charge >= 0.3 is 0 Å². The third-order valence-electron chi connectivity index (χ3n) is 3.63. The molecule has 3 rings (SSSR count). The topological polar surface area (TPSA) is 47.6 Å².